The van der Waals surface area contributed by atoms with Crippen molar-refractivity contribution in [1.29, 1.82) is 0 Å². The van der Waals surface area contributed by atoms with Gasteiger partial charge in [-0.05, 0) is 36.6 Å². The number of halogens is 1. The highest BCUT2D eigenvalue weighted by atomic mass is 35.5. The summed E-state index contributed by atoms with van der Waals surface area (Å²) in [5, 5.41) is 4.08. The Labute approximate surface area is 124 Å². The zero-order chi connectivity index (χ0) is 13.8. The Hall–Kier alpha value is -1.51. The van der Waals surface area contributed by atoms with Crippen LogP contribution >= 0.6 is 11.6 Å². The van der Waals surface area contributed by atoms with Gasteiger partial charge in [-0.1, -0.05) is 54.1 Å². The smallest absolute Gasteiger partial charge is 0.150 e. The molecule has 2 aromatic carbocycles. The molecule has 104 valence electrons. The summed E-state index contributed by atoms with van der Waals surface area (Å²) in [7, 11) is 0. The van der Waals surface area contributed by atoms with Gasteiger partial charge in [0.1, 0.15) is 5.75 Å². The molecule has 0 aromatic heterocycles. The first-order valence-corrected chi connectivity index (χ1v) is 7.40. The van der Waals surface area contributed by atoms with E-state index in [9.17, 15) is 0 Å². The summed E-state index contributed by atoms with van der Waals surface area (Å²) in [6.45, 7) is 0.967. The molecular formula is C17H18ClNO. The highest BCUT2D eigenvalue weighted by Crippen LogP contribution is 2.30. The summed E-state index contributed by atoms with van der Waals surface area (Å²) >= 11 is 6.14. The molecule has 3 rings (SSSR count). The summed E-state index contributed by atoms with van der Waals surface area (Å²) in [6.07, 6.45) is 2.13. The Morgan fingerprint density at radius 3 is 2.55 bits per heavy atom. The summed E-state index contributed by atoms with van der Waals surface area (Å²) in [5.41, 5.74) is 1.39. The minimum absolute atomic E-state index is 0.0221. The van der Waals surface area contributed by atoms with E-state index in [1.807, 2.05) is 24.3 Å². The second-order valence-corrected chi connectivity index (χ2v) is 5.53. The van der Waals surface area contributed by atoms with Gasteiger partial charge in [0.15, 0.2) is 6.23 Å². The van der Waals surface area contributed by atoms with Crippen molar-refractivity contribution in [3.05, 3.63) is 65.2 Å². The molecule has 1 N–H and O–H groups in total. The molecule has 2 unspecified atom stereocenters. The van der Waals surface area contributed by atoms with Gasteiger partial charge in [0.05, 0.1) is 5.02 Å². The van der Waals surface area contributed by atoms with Crippen molar-refractivity contribution >= 4 is 11.6 Å². The minimum Gasteiger partial charge on any atom is -0.474 e. The molecule has 1 aliphatic rings. The molecule has 1 heterocycles. The molecule has 0 aliphatic carbocycles. The largest absolute Gasteiger partial charge is 0.474 e. The first kappa shape index (κ1) is 13.5. The van der Waals surface area contributed by atoms with Gasteiger partial charge < -0.3 is 4.74 Å². The van der Waals surface area contributed by atoms with Crippen molar-refractivity contribution in [2.75, 3.05) is 6.54 Å². The summed E-state index contributed by atoms with van der Waals surface area (Å²) in [6, 6.07) is 18.3. The van der Waals surface area contributed by atoms with Crippen LogP contribution in [0.15, 0.2) is 54.6 Å². The zero-order valence-corrected chi connectivity index (χ0v) is 12.0. The Morgan fingerprint density at radius 2 is 1.75 bits per heavy atom. The first-order valence-electron chi connectivity index (χ1n) is 7.02. The average molecular weight is 288 g/mol. The average Bonchev–Trinajstić information content (AvgIpc) is 2.51. The highest BCUT2D eigenvalue weighted by molar-refractivity contribution is 6.32. The Kier molecular flexibility index (Phi) is 4.24. The zero-order valence-electron chi connectivity index (χ0n) is 11.3. The number of hydrogen-bond donors (Lipinski definition) is 1. The molecule has 0 saturated carbocycles. The topological polar surface area (TPSA) is 21.3 Å². The molecule has 0 bridgehead atoms. The second kappa shape index (κ2) is 6.29. The molecule has 2 nitrogen and oxygen atoms in total. The SMILES string of the molecule is Clc1ccccc1OC1CC(c2ccccc2)CCN1. The van der Waals surface area contributed by atoms with Crippen molar-refractivity contribution in [2.24, 2.45) is 0 Å². The Balaban J connectivity index is 1.68. The lowest BCUT2D eigenvalue weighted by atomic mass is 9.89. The third-order valence-corrected chi connectivity index (χ3v) is 4.05. The maximum absolute atomic E-state index is 6.14. The number of rotatable bonds is 3. The van der Waals surface area contributed by atoms with Crippen LogP contribution in [0.25, 0.3) is 0 Å². The molecule has 0 radical (unpaired) electrons. The molecular weight excluding hydrogens is 270 g/mol. The van der Waals surface area contributed by atoms with E-state index in [2.05, 4.69) is 35.6 Å². The monoisotopic (exact) mass is 287 g/mol. The van der Waals surface area contributed by atoms with Crippen molar-refractivity contribution in [3.8, 4) is 5.75 Å². The van der Waals surface area contributed by atoms with Crippen molar-refractivity contribution in [1.82, 2.24) is 5.32 Å². The standard InChI is InChI=1S/C17H18ClNO/c18-15-8-4-5-9-16(15)20-17-12-14(10-11-19-17)13-6-2-1-3-7-13/h1-9,14,17,19H,10-12H2. The third-order valence-electron chi connectivity index (χ3n) is 3.74. The minimum atomic E-state index is 0.0221. The van der Waals surface area contributed by atoms with Crippen LogP contribution in [0.2, 0.25) is 5.02 Å². The predicted octanol–water partition coefficient (Wildman–Crippen LogP) is 4.21. The number of piperidine rings is 1. The summed E-state index contributed by atoms with van der Waals surface area (Å²) in [4.78, 5) is 0. The van der Waals surface area contributed by atoms with Gasteiger partial charge in [0, 0.05) is 6.42 Å². The molecule has 0 spiro atoms. The van der Waals surface area contributed by atoms with Gasteiger partial charge in [-0.3, -0.25) is 5.32 Å². The predicted molar refractivity (Wildman–Crippen MR) is 82.3 cm³/mol. The van der Waals surface area contributed by atoms with Crippen LogP contribution in [0.4, 0.5) is 0 Å². The molecule has 1 saturated heterocycles. The van der Waals surface area contributed by atoms with E-state index < -0.39 is 0 Å². The van der Waals surface area contributed by atoms with Crippen LogP contribution in [0.5, 0.6) is 5.75 Å². The van der Waals surface area contributed by atoms with E-state index >= 15 is 0 Å². The number of benzene rings is 2. The van der Waals surface area contributed by atoms with Gasteiger partial charge in [-0.25, -0.2) is 0 Å². The molecule has 0 amide bonds. The molecule has 20 heavy (non-hydrogen) atoms. The fourth-order valence-corrected chi connectivity index (χ4v) is 2.87. The number of para-hydroxylation sites is 1. The summed E-state index contributed by atoms with van der Waals surface area (Å²) < 4.78 is 5.99. The lowest BCUT2D eigenvalue weighted by molar-refractivity contribution is 0.122. The molecule has 3 heteroatoms. The third kappa shape index (κ3) is 3.14. The van der Waals surface area contributed by atoms with Crippen molar-refractivity contribution < 1.29 is 4.74 Å². The summed E-state index contributed by atoms with van der Waals surface area (Å²) in [5.74, 6) is 1.30. The van der Waals surface area contributed by atoms with Crippen molar-refractivity contribution in [3.63, 3.8) is 0 Å². The van der Waals surface area contributed by atoms with E-state index in [4.69, 9.17) is 16.3 Å². The van der Waals surface area contributed by atoms with Crippen LogP contribution in [-0.2, 0) is 0 Å². The molecule has 2 aromatic rings. The van der Waals surface area contributed by atoms with Crippen LogP contribution in [0.1, 0.15) is 24.3 Å². The van der Waals surface area contributed by atoms with Crippen LogP contribution in [0.3, 0.4) is 0 Å². The first-order chi connectivity index (χ1) is 9.83. The second-order valence-electron chi connectivity index (χ2n) is 5.12. The maximum atomic E-state index is 6.14. The van der Waals surface area contributed by atoms with Gasteiger partial charge >= 0.3 is 0 Å². The fourth-order valence-electron chi connectivity index (χ4n) is 2.69. The normalized spacial score (nSPS) is 22.4. The van der Waals surface area contributed by atoms with Gasteiger partial charge in [0.25, 0.3) is 0 Å². The van der Waals surface area contributed by atoms with E-state index in [1.165, 1.54) is 5.56 Å². The van der Waals surface area contributed by atoms with Gasteiger partial charge in [0.2, 0.25) is 0 Å². The maximum Gasteiger partial charge on any atom is 0.150 e. The highest BCUT2D eigenvalue weighted by Gasteiger charge is 2.24. The molecule has 1 fully saturated rings. The van der Waals surface area contributed by atoms with Crippen molar-refractivity contribution in [2.45, 2.75) is 25.0 Å². The van der Waals surface area contributed by atoms with Crippen LogP contribution in [0, 0.1) is 0 Å². The Morgan fingerprint density at radius 1 is 1.00 bits per heavy atom. The lowest BCUT2D eigenvalue weighted by Crippen LogP contribution is -2.41. The lowest BCUT2D eigenvalue weighted by Gasteiger charge is -2.31. The van der Waals surface area contributed by atoms with Crippen LogP contribution in [-0.4, -0.2) is 12.8 Å². The van der Waals surface area contributed by atoms with E-state index in [0.717, 1.165) is 25.1 Å². The van der Waals surface area contributed by atoms with Gasteiger partial charge in [-0.15, -0.1) is 0 Å². The van der Waals surface area contributed by atoms with E-state index in [1.54, 1.807) is 0 Å². The number of ether oxygens (including phenoxy) is 1. The van der Waals surface area contributed by atoms with Crippen LogP contribution < -0.4 is 10.1 Å². The van der Waals surface area contributed by atoms with Gasteiger partial charge in [-0.2, -0.15) is 0 Å². The van der Waals surface area contributed by atoms with E-state index in [0.29, 0.717) is 10.9 Å². The van der Waals surface area contributed by atoms with E-state index in [-0.39, 0.29) is 6.23 Å². The number of hydrogen-bond acceptors (Lipinski definition) is 2. The number of nitrogens with one attached hydrogen (secondary N) is 1. The molecule has 2 atom stereocenters. The molecule has 1 aliphatic heterocycles. The Bertz CT molecular complexity index is 558. The quantitative estimate of drug-likeness (QED) is 0.913. The fraction of sp³-hybridized carbons (Fsp3) is 0.294.